The molecular weight excluding hydrogens is 330 g/mol. The van der Waals surface area contributed by atoms with Crippen LogP contribution >= 0.6 is 0 Å². The molecular formula is C21H17NO4. The SMILES string of the molecule is O=C(CCn1c(=O)oc2ccccc21)OCc1cccc2ccccc12. The van der Waals surface area contributed by atoms with Gasteiger partial charge in [0.2, 0.25) is 0 Å². The zero-order chi connectivity index (χ0) is 17.9. The van der Waals surface area contributed by atoms with E-state index in [0.29, 0.717) is 11.1 Å². The molecule has 130 valence electrons. The molecule has 0 N–H and O–H groups in total. The van der Waals surface area contributed by atoms with Gasteiger partial charge in [-0.2, -0.15) is 0 Å². The number of carbonyl (C=O) groups excluding carboxylic acids is 1. The van der Waals surface area contributed by atoms with E-state index < -0.39 is 5.76 Å². The van der Waals surface area contributed by atoms with Crippen molar-refractivity contribution < 1.29 is 13.9 Å². The van der Waals surface area contributed by atoms with Crippen LogP contribution in [0.2, 0.25) is 0 Å². The van der Waals surface area contributed by atoms with E-state index in [4.69, 9.17) is 9.15 Å². The molecule has 0 atom stereocenters. The second-order valence-electron chi connectivity index (χ2n) is 6.04. The number of oxazole rings is 1. The molecule has 5 heteroatoms. The Kier molecular flexibility index (Phi) is 4.27. The Morgan fingerprint density at radius 1 is 0.962 bits per heavy atom. The van der Waals surface area contributed by atoms with Crippen molar-refractivity contribution in [3.8, 4) is 0 Å². The van der Waals surface area contributed by atoms with Crippen molar-refractivity contribution in [3.05, 3.63) is 82.8 Å². The molecule has 0 fully saturated rings. The van der Waals surface area contributed by atoms with Crippen LogP contribution in [-0.4, -0.2) is 10.5 Å². The fourth-order valence-electron chi connectivity index (χ4n) is 3.08. The second kappa shape index (κ2) is 6.88. The summed E-state index contributed by atoms with van der Waals surface area (Å²) in [6.45, 7) is 0.436. The van der Waals surface area contributed by atoms with Gasteiger partial charge in [-0.15, -0.1) is 0 Å². The highest BCUT2D eigenvalue weighted by molar-refractivity contribution is 5.85. The van der Waals surface area contributed by atoms with Gasteiger partial charge in [0.1, 0.15) is 6.61 Å². The molecule has 0 aliphatic rings. The second-order valence-corrected chi connectivity index (χ2v) is 6.04. The van der Waals surface area contributed by atoms with Gasteiger partial charge in [0.05, 0.1) is 11.9 Å². The highest BCUT2D eigenvalue weighted by Crippen LogP contribution is 2.19. The standard InChI is InChI=1S/C21H17NO4/c23-20(12-13-22-18-10-3-4-11-19(18)26-21(22)24)25-14-16-8-5-7-15-6-1-2-9-17(15)16/h1-11H,12-14H2. The molecule has 3 aromatic carbocycles. The van der Waals surface area contributed by atoms with Crippen LogP contribution < -0.4 is 5.76 Å². The molecule has 0 saturated carbocycles. The first-order valence-corrected chi connectivity index (χ1v) is 8.43. The van der Waals surface area contributed by atoms with Gasteiger partial charge >= 0.3 is 11.7 Å². The maximum Gasteiger partial charge on any atom is 0.419 e. The number of carbonyl (C=O) groups is 1. The summed E-state index contributed by atoms with van der Waals surface area (Å²) in [6.07, 6.45) is 0.105. The van der Waals surface area contributed by atoms with E-state index >= 15 is 0 Å². The van der Waals surface area contributed by atoms with E-state index in [1.165, 1.54) is 4.57 Å². The van der Waals surface area contributed by atoms with E-state index in [-0.39, 0.29) is 25.5 Å². The number of para-hydroxylation sites is 2. The van der Waals surface area contributed by atoms with Crippen LogP contribution in [0.25, 0.3) is 21.9 Å². The zero-order valence-electron chi connectivity index (χ0n) is 14.1. The number of nitrogens with zero attached hydrogens (tertiary/aromatic N) is 1. The average Bonchev–Trinajstić information content (AvgIpc) is 2.99. The van der Waals surface area contributed by atoms with Crippen LogP contribution in [0.1, 0.15) is 12.0 Å². The summed E-state index contributed by atoms with van der Waals surface area (Å²) in [5.74, 6) is -0.817. The lowest BCUT2D eigenvalue weighted by atomic mass is 10.1. The van der Waals surface area contributed by atoms with Gasteiger partial charge in [-0.3, -0.25) is 9.36 Å². The van der Waals surface area contributed by atoms with Gasteiger partial charge in [0.25, 0.3) is 0 Å². The lowest BCUT2D eigenvalue weighted by Gasteiger charge is -2.08. The number of ether oxygens (including phenoxy) is 1. The number of fused-ring (bicyclic) bond motifs is 2. The molecule has 0 unspecified atom stereocenters. The first kappa shape index (κ1) is 16.1. The topological polar surface area (TPSA) is 61.4 Å². The monoisotopic (exact) mass is 347 g/mol. The smallest absolute Gasteiger partial charge is 0.419 e. The molecule has 26 heavy (non-hydrogen) atoms. The minimum Gasteiger partial charge on any atom is -0.461 e. The van der Waals surface area contributed by atoms with Crippen molar-refractivity contribution >= 4 is 27.8 Å². The summed E-state index contributed by atoms with van der Waals surface area (Å²) >= 11 is 0. The van der Waals surface area contributed by atoms with Crippen molar-refractivity contribution in [3.63, 3.8) is 0 Å². The molecule has 0 aliphatic heterocycles. The number of benzene rings is 3. The van der Waals surface area contributed by atoms with E-state index in [9.17, 15) is 9.59 Å². The van der Waals surface area contributed by atoms with Crippen LogP contribution in [0.15, 0.2) is 75.9 Å². The minimum absolute atomic E-state index is 0.105. The summed E-state index contributed by atoms with van der Waals surface area (Å²) in [7, 11) is 0. The van der Waals surface area contributed by atoms with E-state index in [1.807, 2.05) is 48.5 Å². The Balaban J connectivity index is 1.43. The van der Waals surface area contributed by atoms with Crippen molar-refractivity contribution in [2.75, 3.05) is 0 Å². The predicted octanol–water partition coefficient (Wildman–Crippen LogP) is 3.88. The summed E-state index contributed by atoms with van der Waals surface area (Å²) in [6, 6.07) is 21.0. The minimum atomic E-state index is -0.465. The summed E-state index contributed by atoms with van der Waals surface area (Å²) in [5.41, 5.74) is 2.16. The van der Waals surface area contributed by atoms with Crippen LogP contribution in [0.3, 0.4) is 0 Å². The molecule has 0 spiro atoms. The Labute approximate surface area is 149 Å². The van der Waals surface area contributed by atoms with Crippen LogP contribution in [-0.2, 0) is 22.7 Å². The predicted molar refractivity (Wildman–Crippen MR) is 98.8 cm³/mol. The first-order valence-electron chi connectivity index (χ1n) is 8.43. The summed E-state index contributed by atoms with van der Waals surface area (Å²) < 4.78 is 12.0. The maximum atomic E-state index is 12.1. The maximum absolute atomic E-state index is 12.1. The third kappa shape index (κ3) is 3.11. The van der Waals surface area contributed by atoms with E-state index in [2.05, 4.69) is 0 Å². The van der Waals surface area contributed by atoms with E-state index in [1.54, 1.807) is 18.2 Å². The molecule has 1 aromatic heterocycles. The number of hydrogen-bond donors (Lipinski definition) is 0. The number of aryl methyl sites for hydroxylation is 1. The highest BCUT2D eigenvalue weighted by Gasteiger charge is 2.11. The molecule has 1 heterocycles. The first-order chi connectivity index (χ1) is 12.7. The van der Waals surface area contributed by atoms with Gasteiger partial charge in [-0.1, -0.05) is 54.6 Å². The quantitative estimate of drug-likeness (QED) is 0.514. The number of hydrogen-bond acceptors (Lipinski definition) is 4. The van der Waals surface area contributed by atoms with Crippen molar-refractivity contribution in [2.45, 2.75) is 19.6 Å². The van der Waals surface area contributed by atoms with Gasteiger partial charge in [0.15, 0.2) is 5.58 Å². The molecule has 0 aliphatic carbocycles. The van der Waals surface area contributed by atoms with Gasteiger partial charge < -0.3 is 9.15 Å². The zero-order valence-corrected chi connectivity index (χ0v) is 14.1. The Hall–Kier alpha value is -3.34. The lowest BCUT2D eigenvalue weighted by molar-refractivity contribution is -0.145. The molecule has 4 rings (SSSR count). The number of aromatic nitrogens is 1. The molecule has 4 aromatic rings. The van der Waals surface area contributed by atoms with Gasteiger partial charge in [-0.05, 0) is 28.5 Å². The fourth-order valence-corrected chi connectivity index (χ4v) is 3.08. The lowest BCUT2D eigenvalue weighted by Crippen LogP contribution is -2.17. The van der Waals surface area contributed by atoms with Crippen LogP contribution in [0.4, 0.5) is 0 Å². The van der Waals surface area contributed by atoms with Crippen LogP contribution in [0.5, 0.6) is 0 Å². The van der Waals surface area contributed by atoms with Gasteiger partial charge in [-0.25, -0.2) is 4.79 Å². The van der Waals surface area contributed by atoms with E-state index in [0.717, 1.165) is 16.3 Å². The number of esters is 1. The Morgan fingerprint density at radius 3 is 2.65 bits per heavy atom. The third-order valence-corrected chi connectivity index (χ3v) is 4.38. The fraction of sp³-hybridized carbons (Fsp3) is 0.143. The Morgan fingerprint density at radius 2 is 1.73 bits per heavy atom. The van der Waals surface area contributed by atoms with Crippen molar-refractivity contribution in [2.24, 2.45) is 0 Å². The summed E-state index contributed by atoms with van der Waals surface area (Å²) in [5, 5.41) is 2.18. The Bertz CT molecular complexity index is 1130. The van der Waals surface area contributed by atoms with Crippen molar-refractivity contribution in [1.82, 2.24) is 4.57 Å². The van der Waals surface area contributed by atoms with Crippen LogP contribution in [0, 0.1) is 0 Å². The normalized spacial score (nSPS) is 11.1. The third-order valence-electron chi connectivity index (χ3n) is 4.38. The largest absolute Gasteiger partial charge is 0.461 e. The van der Waals surface area contributed by atoms with Gasteiger partial charge in [0, 0.05) is 6.54 Å². The molecule has 0 amide bonds. The van der Waals surface area contributed by atoms with Crippen molar-refractivity contribution in [1.29, 1.82) is 0 Å². The number of rotatable bonds is 5. The molecule has 0 radical (unpaired) electrons. The molecule has 5 nitrogen and oxygen atoms in total. The molecule has 0 bridgehead atoms. The summed E-state index contributed by atoms with van der Waals surface area (Å²) in [4.78, 5) is 24.0. The highest BCUT2D eigenvalue weighted by atomic mass is 16.5. The molecule has 0 saturated heterocycles. The average molecular weight is 347 g/mol.